The number of phenolic OH excluding ortho intramolecular Hbond substituents is 1. The van der Waals surface area contributed by atoms with Gasteiger partial charge in [0.2, 0.25) is 0 Å². The second kappa shape index (κ2) is 9.87. The Morgan fingerprint density at radius 1 is 0.929 bits per heavy atom. The maximum atomic E-state index is 11.9. The maximum Gasteiger partial charge on any atom is 0.308 e. The fourth-order valence-electron chi connectivity index (χ4n) is 2.28. The van der Waals surface area contributed by atoms with Gasteiger partial charge in [0.05, 0.1) is 13.5 Å². The van der Waals surface area contributed by atoms with Crippen LogP contribution in [0.15, 0.2) is 54.6 Å². The molecule has 0 saturated carbocycles. The zero-order valence-electron chi connectivity index (χ0n) is 15.5. The standard InChI is InChI=1S/C22H20O6/c1-15(23)28-20-10-5-16(6-11-20)3-8-18(24)14-19(25)9-4-17-7-12-21(26)22(13-17)27-2/h3-13,26H,14H2,1-2H3/b8-3+,9-4+. The highest BCUT2D eigenvalue weighted by atomic mass is 16.5. The molecule has 1 N–H and O–H groups in total. The Kier molecular flexibility index (Phi) is 7.28. The van der Waals surface area contributed by atoms with Crippen molar-refractivity contribution in [2.75, 3.05) is 7.11 Å². The Morgan fingerprint density at radius 2 is 1.50 bits per heavy atom. The number of esters is 1. The van der Waals surface area contributed by atoms with Gasteiger partial charge in [-0.1, -0.05) is 30.4 Å². The molecule has 0 aliphatic carbocycles. The van der Waals surface area contributed by atoms with E-state index in [1.165, 1.54) is 32.3 Å². The highest BCUT2D eigenvalue weighted by Crippen LogP contribution is 2.26. The van der Waals surface area contributed by atoms with Gasteiger partial charge in [-0.2, -0.15) is 0 Å². The Hall–Kier alpha value is -3.67. The highest BCUT2D eigenvalue weighted by molar-refractivity contribution is 6.10. The number of ketones is 2. The van der Waals surface area contributed by atoms with E-state index < -0.39 is 5.97 Å². The molecule has 0 aliphatic heterocycles. The number of ether oxygens (including phenoxy) is 2. The van der Waals surface area contributed by atoms with Crippen LogP contribution in [0.2, 0.25) is 0 Å². The summed E-state index contributed by atoms with van der Waals surface area (Å²) >= 11 is 0. The molecule has 144 valence electrons. The van der Waals surface area contributed by atoms with E-state index in [9.17, 15) is 19.5 Å². The van der Waals surface area contributed by atoms with Gasteiger partial charge in [-0.25, -0.2) is 0 Å². The Balaban J connectivity index is 1.90. The minimum atomic E-state index is -0.407. The summed E-state index contributed by atoms with van der Waals surface area (Å²) in [5.74, 6) is -0.354. The lowest BCUT2D eigenvalue weighted by Crippen LogP contribution is -2.02. The van der Waals surface area contributed by atoms with Crippen molar-refractivity contribution >= 4 is 29.7 Å². The molecule has 0 atom stereocenters. The van der Waals surface area contributed by atoms with Crippen LogP contribution in [0.25, 0.3) is 12.2 Å². The van der Waals surface area contributed by atoms with Gasteiger partial charge in [0, 0.05) is 6.92 Å². The molecule has 0 aromatic heterocycles. The molecular weight excluding hydrogens is 360 g/mol. The van der Waals surface area contributed by atoms with Gasteiger partial charge in [0.15, 0.2) is 23.1 Å². The summed E-state index contributed by atoms with van der Waals surface area (Å²) in [6.45, 7) is 1.32. The SMILES string of the molecule is COc1cc(/C=C/C(=O)CC(=O)/C=C/c2ccc(OC(C)=O)cc2)ccc1O. The lowest BCUT2D eigenvalue weighted by atomic mass is 10.1. The van der Waals surface area contributed by atoms with Gasteiger partial charge in [-0.3, -0.25) is 14.4 Å². The first-order chi connectivity index (χ1) is 13.4. The number of rotatable bonds is 8. The molecule has 6 heteroatoms. The third-order valence-corrected chi connectivity index (χ3v) is 3.62. The zero-order valence-corrected chi connectivity index (χ0v) is 15.5. The van der Waals surface area contributed by atoms with Crippen molar-refractivity contribution in [3.05, 3.63) is 65.7 Å². The number of benzene rings is 2. The topological polar surface area (TPSA) is 89.9 Å². The average molecular weight is 380 g/mol. The van der Waals surface area contributed by atoms with E-state index in [0.29, 0.717) is 17.1 Å². The molecule has 6 nitrogen and oxygen atoms in total. The monoisotopic (exact) mass is 380 g/mol. The van der Waals surface area contributed by atoms with Crippen molar-refractivity contribution < 1.29 is 29.0 Å². The predicted molar refractivity (Wildman–Crippen MR) is 105 cm³/mol. The number of aromatic hydroxyl groups is 1. The van der Waals surface area contributed by atoms with Gasteiger partial charge < -0.3 is 14.6 Å². The quantitative estimate of drug-likeness (QED) is 0.326. The molecule has 0 amide bonds. The van der Waals surface area contributed by atoms with E-state index in [1.54, 1.807) is 48.6 Å². The number of hydrogen-bond acceptors (Lipinski definition) is 6. The maximum absolute atomic E-state index is 11.9. The number of hydrogen-bond donors (Lipinski definition) is 1. The van der Waals surface area contributed by atoms with E-state index in [4.69, 9.17) is 9.47 Å². The van der Waals surface area contributed by atoms with Crippen molar-refractivity contribution in [3.63, 3.8) is 0 Å². The first-order valence-electron chi connectivity index (χ1n) is 8.44. The number of allylic oxidation sites excluding steroid dienone is 2. The van der Waals surface area contributed by atoms with Crippen LogP contribution in [-0.2, 0) is 14.4 Å². The molecule has 2 aromatic carbocycles. The first kappa shape index (κ1) is 20.6. The van der Waals surface area contributed by atoms with E-state index in [2.05, 4.69) is 0 Å². The van der Waals surface area contributed by atoms with Crippen molar-refractivity contribution in [2.24, 2.45) is 0 Å². The van der Waals surface area contributed by atoms with E-state index in [0.717, 1.165) is 5.56 Å². The second-order valence-electron chi connectivity index (χ2n) is 5.87. The van der Waals surface area contributed by atoms with Gasteiger partial charge in [0.1, 0.15) is 5.75 Å². The summed E-state index contributed by atoms with van der Waals surface area (Å²) in [5, 5.41) is 9.55. The van der Waals surface area contributed by atoms with E-state index in [1.807, 2.05) is 0 Å². The van der Waals surface area contributed by atoms with Gasteiger partial charge in [0.25, 0.3) is 0 Å². The molecule has 28 heavy (non-hydrogen) atoms. The molecule has 0 bridgehead atoms. The molecular formula is C22H20O6. The van der Waals surface area contributed by atoms with Crippen LogP contribution in [0.1, 0.15) is 24.5 Å². The largest absolute Gasteiger partial charge is 0.504 e. The zero-order chi connectivity index (χ0) is 20.5. The molecule has 2 aromatic rings. The summed E-state index contributed by atoms with van der Waals surface area (Å²) in [7, 11) is 1.43. The van der Waals surface area contributed by atoms with Crippen LogP contribution in [-0.4, -0.2) is 29.8 Å². The van der Waals surface area contributed by atoms with Gasteiger partial charge >= 0.3 is 5.97 Å². The smallest absolute Gasteiger partial charge is 0.308 e. The summed E-state index contributed by atoms with van der Waals surface area (Å²) in [6.07, 6.45) is 5.52. The summed E-state index contributed by atoms with van der Waals surface area (Å²) in [5.41, 5.74) is 1.40. The number of carbonyl (C=O) groups is 3. The molecule has 0 fully saturated rings. The Bertz CT molecular complexity index is 923. The third-order valence-electron chi connectivity index (χ3n) is 3.62. The lowest BCUT2D eigenvalue weighted by molar-refractivity contribution is -0.132. The van der Waals surface area contributed by atoms with Gasteiger partial charge in [-0.15, -0.1) is 0 Å². The van der Waals surface area contributed by atoms with Crippen molar-refractivity contribution in [2.45, 2.75) is 13.3 Å². The highest BCUT2D eigenvalue weighted by Gasteiger charge is 2.05. The lowest BCUT2D eigenvalue weighted by Gasteiger charge is -2.03. The molecule has 0 spiro atoms. The van der Waals surface area contributed by atoms with Gasteiger partial charge in [-0.05, 0) is 47.5 Å². The second-order valence-corrected chi connectivity index (χ2v) is 5.87. The Morgan fingerprint density at radius 3 is 2.07 bits per heavy atom. The molecule has 0 aliphatic rings. The fourth-order valence-corrected chi connectivity index (χ4v) is 2.28. The van der Waals surface area contributed by atoms with Crippen molar-refractivity contribution in [3.8, 4) is 17.2 Å². The van der Waals surface area contributed by atoms with Crippen LogP contribution < -0.4 is 9.47 Å². The summed E-state index contributed by atoms with van der Waals surface area (Å²) in [4.78, 5) is 34.7. The van der Waals surface area contributed by atoms with E-state index in [-0.39, 0.29) is 23.7 Å². The first-order valence-corrected chi connectivity index (χ1v) is 8.44. The van der Waals surface area contributed by atoms with Crippen LogP contribution in [0.4, 0.5) is 0 Å². The van der Waals surface area contributed by atoms with Crippen LogP contribution >= 0.6 is 0 Å². The van der Waals surface area contributed by atoms with Crippen LogP contribution in [0.3, 0.4) is 0 Å². The minimum absolute atomic E-state index is 0.00665. The number of phenols is 1. The van der Waals surface area contributed by atoms with Crippen LogP contribution in [0.5, 0.6) is 17.2 Å². The third kappa shape index (κ3) is 6.57. The van der Waals surface area contributed by atoms with Crippen molar-refractivity contribution in [1.29, 1.82) is 0 Å². The molecule has 0 radical (unpaired) electrons. The Labute approximate surface area is 162 Å². The number of carbonyl (C=O) groups excluding carboxylic acids is 3. The molecule has 0 heterocycles. The summed E-state index contributed by atoms with van der Waals surface area (Å²) in [6, 6.07) is 11.3. The summed E-state index contributed by atoms with van der Waals surface area (Å²) < 4.78 is 9.93. The molecule has 0 saturated heterocycles. The molecule has 2 rings (SSSR count). The average Bonchev–Trinajstić information content (AvgIpc) is 2.66. The number of methoxy groups -OCH3 is 1. The van der Waals surface area contributed by atoms with Crippen LogP contribution in [0, 0.1) is 0 Å². The van der Waals surface area contributed by atoms with E-state index >= 15 is 0 Å². The minimum Gasteiger partial charge on any atom is -0.504 e. The fraction of sp³-hybridized carbons (Fsp3) is 0.136. The normalized spacial score (nSPS) is 10.9. The molecule has 0 unspecified atom stereocenters. The predicted octanol–water partition coefficient (Wildman–Crippen LogP) is 3.58. The van der Waals surface area contributed by atoms with Crippen molar-refractivity contribution in [1.82, 2.24) is 0 Å².